The fourth-order valence-electron chi connectivity index (χ4n) is 3.06. The van der Waals surface area contributed by atoms with Crippen molar-refractivity contribution in [3.8, 4) is 11.4 Å². The van der Waals surface area contributed by atoms with Crippen LogP contribution >= 0.6 is 0 Å². The second-order valence-corrected chi connectivity index (χ2v) is 5.32. The van der Waals surface area contributed by atoms with Crippen molar-refractivity contribution in [1.29, 1.82) is 0 Å². The average Bonchev–Trinajstić information content (AvgIpc) is 2.89. The number of benzene rings is 3. The van der Waals surface area contributed by atoms with Crippen molar-refractivity contribution < 1.29 is 4.74 Å². The quantitative estimate of drug-likeness (QED) is 0.543. The van der Waals surface area contributed by atoms with Gasteiger partial charge in [-0.15, -0.1) is 0 Å². The first-order chi connectivity index (χ1) is 10.8. The van der Waals surface area contributed by atoms with E-state index in [9.17, 15) is 0 Å². The molecule has 0 aliphatic carbocycles. The number of rotatable bonds is 2. The highest BCUT2D eigenvalue weighted by molar-refractivity contribution is 5.95. The number of imidazole rings is 1. The van der Waals surface area contributed by atoms with Gasteiger partial charge in [-0.2, -0.15) is 0 Å². The van der Waals surface area contributed by atoms with Crippen LogP contribution in [0.2, 0.25) is 0 Å². The Balaban J connectivity index is 2.18. The Morgan fingerprint density at radius 3 is 2.55 bits per heavy atom. The van der Waals surface area contributed by atoms with Crippen molar-refractivity contribution >= 4 is 21.8 Å². The van der Waals surface area contributed by atoms with Gasteiger partial charge in [-0.1, -0.05) is 42.5 Å². The van der Waals surface area contributed by atoms with Gasteiger partial charge in [0.1, 0.15) is 11.6 Å². The van der Waals surface area contributed by atoms with Gasteiger partial charge in [0.05, 0.1) is 23.8 Å². The maximum atomic E-state index is 5.63. The van der Waals surface area contributed by atoms with E-state index >= 15 is 0 Å². The monoisotopic (exact) mass is 288 g/mol. The van der Waals surface area contributed by atoms with Crippen molar-refractivity contribution in [3.63, 3.8) is 0 Å². The lowest BCUT2D eigenvalue weighted by atomic mass is 10.1. The number of fused-ring (bicyclic) bond motifs is 2. The Labute approximate surface area is 128 Å². The molecule has 1 heterocycles. The van der Waals surface area contributed by atoms with Crippen molar-refractivity contribution in [3.05, 3.63) is 66.5 Å². The standard InChI is InChI=1S/C19H16N2O/c1-13-20-16-9-5-6-10-17(16)21(13)19-15-8-4-3-7-14(15)11-12-18(19)22-2/h3-12H,1-2H3. The molecule has 4 rings (SSSR count). The molecule has 0 amide bonds. The molecular weight excluding hydrogens is 272 g/mol. The smallest absolute Gasteiger partial charge is 0.143 e. The number of methoxy groups -OCH3 is 1. The molecule has 4 aromatic rings. The minimum Gasteiger partial charge on any atom is -0.495 e. The molecule has 0 aliphatic heterocycles. The second kappa shape index (κ2) is 4.88. The third-order valence-corrected chi connectivity index (χ3v) is 4.04. The van der Waals surface area contributed by atoms with Crippen LogP contribution in [0.25, 0.3) is 27.5 Å². The lowest BCUT2D eigenvalue weighted by Gasteiger charge is -2.15. The molecule has 0 aliphatic rings. The van der Waals surface area contributed by atoms with E-state index in [1.165, 1.54) is 5.39 Å². The molecule has 3 aromatic carbocycles. The van der Waals surface area contributed by atoms with Gasteiger partial charge in [0.15, 0.2) is 0 Å². The third kappa shape index (κ3) is 1.79. The Hall–Kier alpha value is -2.81. The van der Waals surface area contributed by atoms with E-state index in [-0.39, 0.29) is 0 Å². The first kappa shape index (κ1) is 12.9. The normalized spacial score (nSPS) is 11.2. The fraction of sp³-hybridized carbons (Fsp3) is 0.105. The van der Waals surface area contributed by atoms with Gasteiger partial charge >= 0.3 is 0 Å². The number of aryl methyl sites for hydroxylation is 1. The van der Waals surface area contributed by atoms with Crippen molar-refractivity contribution in [2.24, 2.45) is 0 Å². The zero-order chi connectivity index (χ0) is 15.1. The van der Waals surface area contributed by atoms with Crippen LogP contribution in [0.5, 0.6) is 5.75 Å². The molecule has 1 aromatic heterocycles. The van der Waals surface area contributed by atoms with Crippen LogP contribution in [0, 0.1) is 6.92 Å². The van der Waals surface area contributed by atoms with Gasteiger partial charge in [0, 0.05) is 5.39 Å². The Bertz CT molecular complexity index is 985. The minimum atomic E-state index is 0.852. The summed E-state index contributed by atoms with van der Waals surface area (Å²) in [6.45, 7) is 2.03. The summed E-state index contributed by atoms with van der Waals surface area (Å²) in [6, 6.07) is 20.6. The average molecular weight is 288 g/mol. The van der Waals surface area contributed by atoms with Crippen molar-refractivity contribution in [2.45, 2.75) is 6.92 Å². The number of aromatic nitrogens is 2. The molecular formula is C19H16N2O. The highest BCUT2D eigenvalue weighted by atomic mass is 16.5. The zero-order valence-electron chi connectivity index (χ0n) is 12.6. The first-order valence-electron chi connectivity index (χ1n) is 7.30. The first-order valence-corrected chi connectivity index (χ1v) is 7.30. The summed E-state index contributed by atoms with van der Waals surface area (Å²) in [5.74, 6) is 1.81. The van der Waals surface area contributed by atoms with Gasteiger partial charge in [0.25, 0.3) is 0 Å². The molecule has 3 nitrogen and oxygen atoms in total. The molecule has 0 atom stereocenters. The molecule has 0 N–H and O–H groups in total. The number of para-hydroxylation sites is 2. The van der Waals surface area contributed by atoms with E-state index in [1.807, 2.05) is 31.2 Å². The van der Waals surface area contributed by atoms with Gasteiger partial charge in [-0.3, -0.25) is 4.57 Å². The summed E-state index contributed by atoms with van der Waals surface area (Å²) in [5.41, 5.74) is 3.14. The second-order valence-electron chi connectivity index (χ2n) is 5.32. The van der Waals surface area contributed by atoms with E-state index in [4.69, 9.17) is 4.74 Å². The summed E-state index contributed by atoms with van der Waals surface area (Å²) in [5, 5.41) is 2.35. The van der Waals surface area contributed by atoms with Gasteiger partial charge in [-0.05, 0) is 30.5 Å². The predicted octanol–water partition coefficient (Wildman–Crippen LogP) is 4.50. The van der Waals surface area contributed by atoms with Crippen LogP contribution in [0.3, 0.4) is 0 Å². The minimum absolute atomic E-state index is 0.852. The van der Waals surface area contributed by atoms with Crippen molar-refractivity contribution in [1.82, 2.24) is 9.55 Å². The predicted molar refractivity (Wildman–Crippen MR) is 89.9 cm³/mol. The Morgan fingerprint density at radius 1 is 0.909 bits per heavy atom. The topological polar surface area (TPSA) is 27.1 Å². The molecule has 0 saturated carbocycles. The summed E-state index contributed by atoms with van der Waals surface area (Å²) in [4.78, 5) is 4.68. The molecule has 0 unspecified atom stereocenters. The number of hydrogen-bond donors (Lipinski definition) is 0. The summed E-state index contributed by atoms with van der Waals surface area (Å²) < 4.78 is 7.81. The maximum Gasteiger partial charge on any atom is 0.143 e. The maximum absolute atomic E-state index is 5.63. The summed E-state index contributed by atoms with van der Waals surface area (Å²) >= 11 is 0. The lowest BCUT2D eigenvalue weighted by molar-refractivity contribution is 0.413. The van der Waals surface area contributed by atoms with Gasteiger partial charge < -0.3 is 4.74 Å². The van der Waals surface area contributed by atoms with E-state index < -0.39 is 0 Å². The zero-order valence-corrected chi connectivity index (χ0v) is 12.6. The van der Waals surface area contributed by atoms with E-state index in [0.717, 1.165) is 33.7 Å². The molecule has 3 heteroatoms. The fourth-order valence-corrected chi connectivity index (χ4v) is 3.06. The molecule has 0 saturated heterocycles. The number of hydrogen-bond acceptors (Lipinski definition) is 2. The Morgan fingerprint density at radius 2 is 1.68 bits per heavy atom. The Kier molecular flexibility index (Phi) is 2.86. The van der Waals surface area contributed by atoms with Crippen molar-refractivity contribution in [2.75, 3.05) is 7.11 Å². The van der Waals surface area contributed by atoms with E-state index in [2.05, 4.69) is 45.9 Å². The van der Waals surface area contributed by atoms with Gasteiger partial charge in [0.2, 0.25) is 0 Å². The van der Waals surface area contributed by atoms with Crippen LogP contribution in [0.15, 0.2) is 60.7 Å². The number of nitrogens with zero attached hydrogens (tertiary/aromatic N) is 2. The molecule has 0 bridgehead atoms. The highest BCUT2D eigenvalue weighted by Gasteiger charge is 2.15. The van der Waals surface area contributed by atoms with Crippen LogP contribution < -0.4 is 4.74 Å². The third-order valence-electron chi connectivity index (χ3n) is 4.04. The van der Waals surface area contributed by atoms with Crippen LogP contribution in [-0.4, -0.2) is 16.7 Å². The van der Waals surface area contributed by atoms with E-state index in [0.29, 0.717) is 0 Å². The molecule has 108 valence electrons. The SMILES string of the molecule is COc1ccc2ccccc2c1-n1c(C)nc2ccccc21. The highest BCUT2D eigenvalue weighted by Crippen LogP contribution is 2.34. The van der Waals surface area contributed by atoms with E-state index in [1.54, 1.807) is 7.11 Å². The van der Waals surface area contributed by atoms with Crippen LogP contribution in [0.4, 0.5) is 0 Å². The molecule has 22 heavy (non-hydrogen) atoms. The largest absolute Gasteiger partial charge is 0.495 e. The summed E-state index contributed by atoms with van der Waals surface area (Å²) in [7, 11) is 1.71. The lowest BCUT2D eigenvalue weighted by Crippen LogP contribution is -2.01. The number of ether oxygens (including phenoxy) is 1. The summed E-state index contributed by atoms with van der Waals surface area (Å²) in [6.07, 6.45) is 0. The van der Waals surface area contributed by atoms with Crippen LogP contribution in [-0.2, 0) is 0 Å². The van der Waals surface area contributed by atoms with Crippen LogP contribution in [0.1, 0.15) is 5.82 Å². The molecule has 0 radical (unpaired) electrons. The van der Waals surface area contributed by atoms with Gasteiger partial charge in [-0.25, -0.2) is 4.98 Å². The molecule has 0 spiro atoms. The molecule has 0 fully saturated rings.